The van der Waals surface area contributed by atoms with E-state index in [1.807, 2.05) is 6.92 Å². The Morgan fingerprint density at radius 3 is 2.79 bits per heavy atom. The quantitative estimate of drug-likeness (QED) is 0.832. The fraction of sp³-hybridized carbons (Fsp3) is 0.286. The number of nitrogens with zero attached hydrogens (tertiary/aromatic N) is 1. The number of ether oxygens (including phenoxy) is 2. The van der Waals surface area contributed by atoms with Gasteiger partial charge in [0.15, 0.2) is 6.29 Å². The van der Waals surface area contributed by atoms with Gasteiger partial charge >= 0.3 is 0 Å². The number of rotatable bonds is 2. The maximum Gasteiger partial charge on any atom is 0.199 e. The first-order valence-electron chi connectivity index (χ1n) is 6.05. The number of hydrogen-bond donors (Lipinski definition) is 0. The molecule has 3 rings (SSSR count). The Hall–Kier alpha value is -1.72. The van der Waals surface area contributed by atoms with E-state index < -0.39 is 17.9 Å². The Balaban J connectivity index is 2.00. The first kappa shape index (κ1) is 12.3. The van der Waals surface area contributed by atoms with E-state index in [4.69, 9.17) is 9.47 Å². The van der Waals surface area contributed by atoms with Gasteiger partial charge < -0.3 is 14.0 Å². The smallest absolute Gasteiger partial charge is 0.199 e. The third-order valence-corrected chi connectivity index (χ3v) is 3.03. The van der Waals surface area contributed by atoms with Crippen LogP contribution in [-0.2, 0) is 9.47 Å². The molecule has 19 heavy (non-hydrogen) atoms. The predicted molar refractivity (Wildman–Crippen MR) is 64.9 cm³/mol. The standard InChI is InChI=1S/C14H13F2NO2/c1-9-8-18-14(19-9)13-3-2-6-17(13)12-5-4-10(15)7-11(12)16/h2-7,9,14H,8H2,1H3. The van der Waals surface area contributed by atoms with Gasteiger partial charge in [0.05, 0.1) is 24.1 Å². The summed E-state index contributed by atoms with van der Waals surface area (Å²) in [7, 11) is 0. The zero-order chi connectivity index (χ0) is 13.4. The van der Waals surface area contributed by atoms with Crippen LogP contribution < -0.4 is 0 Å². The van der Waals surface area contributed by atoms with E-state index in [9.17, 15) is 8.78 Å². The van der Waals surface area contributed by atoms with Crippen LogP contribution in [0.2, 0.25) is 0 Å². The molecule has 2 atom stereocenters. The zero-order valence-corrected chi connectivity index (χ0v) is 10.3. The highest BCUT2D eigenvalue weighted by Gasteiger charge is 2.27. The molecule has 1 fully saturated rings. The van der Waals surface area contributed by atoms with Crippen molar-refractivity contribution in [3.63, 3.8) is 0 Å². The molecule has 1 aliphatic heterocycles. The summed E-state index contributed by atoms with van der Waals surface area (Å²) >= 11 is 0. The van der Waals surface area contributed by atoms with E-state index in [1.165, 1.54) is 12.1 Å². The lowest BCUT2D eigenvalue weighted by Gasteiger charge is -2.14. The van der Waals surface area contributed by atoms with Crippen LogP contribution >= 0.6 is 0 Å². The second-order valence-electron chi connectivity index (χ2n) is 4.51. The van der Waals surface area contributed by atoms with Crippen molar-refractivity contribution in [1.29, 1.82) is 0 Å². The van der Waals surface area contributed by atoms with Crippen LogP contribution in [0.25, 0.3) is 5.69 Å². The van der Waals surface area contributed by atoms with Gasteiger partial charge in [-0.25, -0.2) is 8.78 Å². The third kappa shape index (κ3) is 2.27. The summed E-state index contributed by atoms with van der Waals surface area (Å²) in [6.07, 6.45) is 1.18. The molecule has 0 radical (unpaired) electrons. The summed E-state index contributed by atoms with van der Waals surface area (Å²) in [4.78, 5) is 0. The van der Waals surface area contributed by atoms with Crippen LogP contribution in [-0.4, -0.2) is 17.3 Å². The summed E-state index contributed by atoms with van der Waals surface area (Å²) in [5, 5.41) is 0. The Labute approximate surface area is 109 Å². The summed E-state index contributed by atoms with van der Waals surface area (Å²) in [5.41, 5.74) is 0.961. The van der Waals surface area contributed by atoms with Gasteiger partial charge in [-0.05, 0) is 31.2 Å². The van der Waals surface area contributed by atoms with Gasteiger partial charge in [-0.2, -0.15) is 0 Å². The lowest BCUT2D eigenvalue weighted by molar-refractivity contribution is -0.0612. The summed E-state index contributed by atoms with van der Waals surface area (Å²) in [6.45, 7) is 2.41. The SMILES string of the molecule is CC1COC(c2cccn2-c2ccc(F)cc2F)O1. The first-order chi connectivity index (χ1) is 9.15. The second-order valence-corrected chi connectivity index (χ2v) is 4.51. The molecule has 2 unspecified atom stereocenters. The molecule has 2 aromatic rings. The Bertz CT molecular complexity index is 597. The zero-order valence-electron chi connectivity index (χ0n) is 10.3. The molecule has 0 spiro atoms. The van der Waals surface area contributed by atoms with Gasteiger partial charge in [-0.3, -0.25) is 0 Å². The van der Waals surface area contributed by atoms with Crippen LogP contribution in [0.15, 0.2) is 36.5 Å². The van der Waals surface area contributed by atoms with Crippen molar-refractivity contribution in [2.24, 2.45) is 0 Å². The van der Waals surface area contributed by atoms with Gasteiger partial charge in [0, 0.05) is 12.3 Å². The molecule has 5 heteroatoms. The molecule has 1 aromatic heterocycles. The molecule has 1 aliphatic rings. The van der Waals surface area contributed by atoms with Gasteiger partial charge in [-0.1, -0.05) is 0 Å². The lowest BCUT2D eigenvalue weighted by atomic mass is 10.3. The molecule has 1 saturated heterocycles. The highest BCUT2D eigenvalue weighted by molar-refractivity contribution is 5.37. The molecular formula is C14H13F2NO2. The van der Waals surface area contributed by atoms with Crippen molar-refractivity contribution in [2.45, 2.75) is 19.3 Å². The van der Waals surface area contributed by atoms with Crippen molar-refractivity contribution >= 4 is 0 Å². The lowest BCUT2D eigenvalue weighted by Crippen LogP contribution is -2.08. The molecule has 100 valence electrons. The predicted octanol–water partition coefficient (Wildman–Crippen LogP) is 3.19. The average Bonchev–Trinajstić information content (AvgIpc) is 2.97. The van der Waals surface area contributed by atoms with Gasteiger partial charge in [-0.15, -0.1) is 0 Å². The van der Waals surface area contributed by atoms with Crippen LogP contribution in [0.5, 0.6) is 0 Å². The van der Waals surface area contributed by atoms with E-state index in [0.29, 0.717) is 12.3 Å². The van der Waals surface area contributed by atoms with Crippen molar-refractivity contribution in [3.8, 4) is 5.69 Å². The molecule has 0 N–H and O–H groups in total. The second kappa shape index (κ2) is 4.75. The van der Waals surface area contributed by atoms with E-state index in [-0.39, 0.29) is 11.8 Å². The molecule has 0 amide bonds. The number of hydrogen-bond acceptors (Lipinski definition) is 2. The van der Waals surface area contributed by atoms with Crippen molar-refractivity contribution < 1.29 is 18.3 Å². The maximum atomic E-state index is 13.8. The first-order valence-corrected chi connectivity index (χ1v) is 6.05. The summed E-state index contributed by atoms with van der Waals surface area (Å²) in [5.74, 6) is -1.22. The Morgan fingerprint density at radius 1 is 1.26 bits per heavy atom. The largest absolute Gasteiger partial charge is 0.344 e. The topological polar surface area (TPSA) is 23.4 Å². The van der Waals surface area contributed by atoms with Crippen molar-refractivity contribution in [1.82, 2.24) is 4.57 Å². The summed E-state index contributed by atoms with van der Waals surface area (Å²) < 4.78 is 39.5. The van der Waals surface area contributed by atoms with Crippen LogP contribution in [0.3, 0.4) is 0 Å². The Morgan fingerprint density at radius 2 is 2.11 bits per heavy atom. The molecule has 2 heterocycles. The molecular weight excluding hydrogens is 252 g/mol. The van der Waals surface area contributed by atoms with E-state index in [1.54, 1.807) is 22.9 Å². The van der Waals surface area contributed by atoms with E-state index >= 15 is 0 Å². The minimum absolute atomic E-state index is 0.00594. The number of benzene rings is 1. The minimum Gasteiger partial charge on any atom is -0.344 e. The maximum absolute atomic E-state index is 13.8. The highest BCUT2D eigenvalue weighted by Crippen LogP contribution is 2.29. The van der Waals surface area contributed by atoms with Crippen LogP contribution in [0.1, 0.15) is 18.9 Å². The third-order valence-electron chi connectivity index (χ3n) is 3.03. The minimum atomic E-state index is -0.622. The highest BCUT2D eigenvalue weighted by atomic mass is 19.1. The fourth-order valence-electron chi connectivity index (χ4n) is 2.15. The van der Waals surface area contributed by atoms with Gasteiger partial charge in [0.1, 0.15) is 11.6 Å². The van der Waals surface area contributed by atoms with E-state index in [0.717, 1.165) is 6.07 Å². The number of halogens is 2. The summed E-state index contributed by atoms with van der Waals surface area (Å²) in [6, 6.07) is 7.05. The normalized spacial score (nSPS) is 22.9. The van der Waals surface area contributed by atoms with Gasteiger partial charge in [0.25, 0.3) is 0 Å². The monoisotopic (exact) mass is 265 g/mol. The molecule has 0 bridgehead atoms. The van der Waals surface area contributed by atoms with Crippen LogP contribution in [0, 0.1) is 11.6 Å². The molecule has 0 aliphatic carbocycles. The Kier molecular flexibility index (Phi) is 3.08. The van der Waals surface area contributed by atoms with Gasteiger partial charge in [0.2, 0.25) is 0 Å². The fourth-order valence-corrected chi connectivity index (χ4v) is 2.15. The molecule has 3 nitrogen and oxygen atoms in total. The van der Waals surface area contributed by atoms with E-state index in [2.05, 4.69) is 0 Å². The van der Waals surface area contributed by atoms with Crippen molar-refractivity contribution in [2.75, 3.05) is 6.61 Å². The van der Waals surface area contributed by atoms with Crippen molar-refractivity contribution in [3.05, 3.63) is 53.9 Å². The van der Waals surface area contributed by atoms with Crippen LogP contribution in [0.4, 0.5) is 8.78 Å². The number of aromatic nitrogens is 1. The molecule has 0 saturated carbocycles. The average molecular weight is 265 g/mol. The molecule has 1 aromatic carbocycles.